The van der Waals surface area contributed by atoms with Crippen LogP contribution in [-0.4, -0.2) is 10.0 Å². The van der Waals surface area contributed by atoms with Gasteiger partial charge in [-0.1, -0.05) is 25.0 Å². The molecule has 86 valence electrons. The molecule has 0 aliphatic heterocycles. The average Bonchev–Trinajstić information content (AvgIpc) is 2.81. The summed E-state index contributed by atoms with van der Waals surface area (Å²) in [5.74, 6) is 0.182. The molecule has 1 atom stereocenters. The van der Waals surface area contributed by atoms with E-state index in [4.69, 9.17) is 0 Å². The van der Waals surface area contributed by atoms with Gasteiger partial charge in [-0.3, -0.25) is 10.1 Å². The lowest BCUT2D eigenvalue weighted by molar-refractivity contribution is -0.386. The van der Waals surface area contributed by atoms with Crippen molar-refractivity contribution in [1.82, 2.24) is 0 Å². The molecule has 16 heavy (non-hydrogen) atoms. The molecule has 0 heterocycles. The number of nitrogens with zero attached hydrogens (tertiary/aromatic N) is 1. The molecule has 1 fully saturated rings. The monoisotopic (exact) mass is 221 g/mol. The standard InChI is InChI=1S/C12H15NO3/c14-12(9-5-1-2-6-9)10-7-3-4-8-11(10)13(15)16/h3-4,7-9,12,14H,1-2,5-6H2/t12-/m1/s1. The Balaban J connectivity index is 2.27. The van der Waals surface area contributed by atoms with Crippen molar-refractivity contribution < 1.29 is 10.0 Å². The number of nitro groups is 1. The molecule has 1 aliphatic carbocycles. The summed E-state index contributed by atoms with van der Waals surface area (Å²) >= 11 is 0. The number of benzene rings is 1. The molecular weight excluding hydrogens is 206 g/mol. The largest absolute Gasteiger partial charge is 0.388 e. The average molecular weight is 221 g/mol. The van der Waals surface area contributed by atoms with Gasteiger partial charge < -0.3 is 5.11 Å². The summed E-state index contributed by atoms with van der Waals surface area (Å²) in [6, 6.07) is 6.47. The fraction of sp³-hybridized carbons (Fsp3) is 0.500. The maximum Gasteiger partial charge on any atom is 0.275 e. The third-order valence-electron chi connectivity index (χ3n) is 3.30. The maximum absolute atomic E-state index is 10.8. The van der Waals surface area contributed by atoms with Gasteiger partial charge >= 0.3 is 0 Å². The zero-order valence-corrected chi connectivity index (χ0v) is 9.00. The molecule has 2 rings (SSSR count). The highest BCUT2D eigenvalue weighted by Gasteiger charge is 2.28. The van der Waals surface area contributed by atoms with E-state index in [9.17, 15) is 15.2 Å². The van der Waals surface area contributed by atoms with E-state index in [1.807, 2.05) is 0 Å². The Bertz CT molecular complexity index is 386. The van der Waals surface area contributed by atoms with Gasteiger partial charge in [-0.25, -0.2) is 0 Å². The molecule has 1 N–H and O–H groups in total. The SMILES string of the molecule is O=[N+]([O-])c1ccccc1[C@H](O)C1CCCC1. The molecule has 4 heteroatoms. The van der Waals surface area contributed by atoms with Gasteiger partial charge in [0.15, 0.2) is 0 Å². The van der Waals surface area contributed by atoms with E-state index in [2.05, 4.69) is 0 Å². The summed E-state index contributed by atoms with van der Waals surface area (Å²) < 4.78 is 0. The van der Waals surface area contributed by atoms with Crippen molar-refractivity contribution in [1.29, 1.82) is 0 Å². The van der Waals surface area contributed by atoms with Gasteiger partial charge in [-0.05, 0) is 24.8 Å². The van der Waals surface area contributed by atoms with Crippen LogP contribution < -0.4 is 0 Å². The first-order valence-corrected chi connectivity index (χ1v) is 5.61. The van der Waals surface area contributed by atoms with Crippen LogP contribution in [0.4, 0.5) is 5.69 Å². The minimum Gasteiger partial charge on any atom is -0.388 e. The number of rotatable bonds is 3. The van der Waals surface area contributed by atoms with Crippen molar-refractivity contribution in [2.75, 3.05) is 0 Å². The highest BCUT2D eigenvalue weighted by atomic mass is 16.6. The molecule has 0 aromatic heterocycles. The van der Waals surface area contributed by atoms with Crippen molar-refractivity contribution in [3.05, 3.63) is 39.9 Å². The summed E-state index contributed by atoms with van der Waals surface area (Å²) in [7, 11) is 0. The molecule has 0 spiro atoms. The molecule has 0 saturated heterocycles. The molecule has 0 radical (unpaired) electrons. The Morgan fingerprint density at radius 3 is 2.56 bits per heavy atom. The molecular formula is C12H15NO3. The van der Waals surface area contributed by atoms with Gasteiger partial charge in [0.05, 0.1) is 16.6 Å². The minimum absolute atomic E-state index is 0.0295. The summed E-state index contributed by atoms with van der Waals surface area (Å²) in [5, 5.41) is 21.0. The molecule has 0 bridgehead atoms. The van der Waals surface area contributed by atoms with E-state index in [0.29, 0.717) is 5.56 Å². The quantitative estimate of drug-likeness (QED) is 0.630. The Morgan fingerprint density at radius 1 is 1.31 bits per heavy atom. The second-order valence-electron chi connectivity index (χ2n) is 4.31. The summed E-state index contributed by atoms with van der Waals surface area (Å²) in [6.07, 6.45) is 3.47. The Kier molecular flexibility index (Phi) is 3.19. The second-order valence-corrected chi connectivity index (χ2v) is 4.31. The van der Waals surface area contributed by atoms with Gasteiger partial charge in [-0.2, -0.15) is 0 Å². The Labute approximate surface area is 94.1 Å². The lowest BCUT2D eigenvalue weighted by Gasteiger charge is -2.17. The van der Waals surface area contributed by atoms with Gasteiger partial charge in [0.25, 0.3) is 5.69 Å². The van der Waals surface area contributed by atoms with Crippen LogP contribution in [0.15, 0.2) is 24.3 Å². The summed E-state index contributed by atoms with van der Waals surface area (Å²) in [6.45, 7) is 0. The Hall–Kier alpha value is -1.42. The molecule has 1 saturated carbocycles. The van der Waals surface area contributed by atoms with E-state index < -0.39 is 11.0 Å². The lowest BCUT2D eigenvalue weighted by atomic mass is 9.93. The predicted octanol–water partition coefficient (Wildman–Crippen LogP) is 2.82. The van der Waals surface area contributed by atoms with Crippen molar-refractivity contribution >= 4 is 5.69 Å². The second kappa shape index (κ2) is 4.61. The molecule has 4 nitrogen and oxygen atoms in total. The van der Waals surface area contributed by atoms with Crippen LogP contribution in [-0.2, 0) is 0 Å². The third-order valence-corrected chi connectivity index (χ3v) is 3.30. The zero-order valence-electron chi connectivity index (χ0n) is 9.00. The molecule has 0 amide bonds. The number of nitro benzene ring substituents is 1. The highest BCUT2D eigenvalue weighted by Crippen LogP contribution is 2.38. The summed E-state index contributed by atoms with van der Waals surface area (Å²) in [4.78, 5) is 10.4. The minimum atomic E-state index is -0.691. The molecule has 1 aromatic carbocycles. The van der Waals surface area contributed by atoms with E-state index >= 15 is 0 Å². The fourth-order valence-electron chi connectivity index (χ4n) is 2.43. The Morgan fingerprint density at radius 2 is 1.94 bits per heavy atom. The first-order valence-electron chi connectivity index (χ1n) is 5.61. The predicted molar refractivity (Wildman–Crippen MR) is 60.0 cm³/mol. The van der Waals surface area contributed by atoms with Crippen LogP contribution in [0.25, 0.3) is 0 Å². The highest BCUT2D eigenvalue weighted by molar-refractivity contribution is 5.41. The van der Waals surface area contributed by atoms with E-state index in [-0.39, 0.29) is 11.6 Å². The normalized spacial score (nSPS) is 18.6. The van der Waals surface area contributed by atoms with Gasteiger partial charge in [0.2, 0.25) is 0 Å². The molecule has 1 aliphatic rings. The van der Waals surface area contributed by atoms with Crippen molar-refractivity contribution in [2.24, 2.45) is 5.92 Å². The van der Waals surface area contributed by atoms with Crippen molar-refractivity contribution in [3.63, 3.8) is 0 Å². The van der Waals surface area contributed by atoms with Crippen LogP contribution in [0.2, 0.25) is 0 Å². The van der Waals surface area contributed by atoms with E-state index in [1.54, 1.807) is 18.2 Å². The zero-order chi connectivity index (χ0) is 11.5. The molecule has 1 aromatic rings. The topological polar surface area (TPSA) is 63.4 Å². The maximum atomic E-state index is 10.8. The number of hydrogen-bond acceptors (Lipinski definition) is 3. The van der Waals surface area contributed by atoms with Crippen LogP contribution in [0.3, 0.4) is 0 Å². The first kappa shape index (κ1) is 11.1. The fourth-order valence-corrected chi connectivity index (χ4v) is 2.43. The van der Waals surface area contributed by atoms with Gasteiger partial charge in [-0.15, -0.1) is 0 Å². The lowest BCUT2D eigenvalue weighted by Crippen LogP contribution is -2.10. The van der Waals surface area contributed by atoms with E-state index in [1.165, 1.54) is 6.07 Å². The van der Waals surface area contributed by atoms with Gasteiger partial charge in [0, 0.05) is 6.07 Å². The summed E-state index contributed by atoms with van der Waals surface area (Å²) in [5.41, 5.74) is 0.487. The first-order chi connectivity index (χ1) is 7.70. The number of para-hydroxylation sites is 1. The smallest absolute Gasteiger partial charge is 0.275 e. The van der Waals surface area contributed by atoms with Crippen LogP contribution in [0, 0.1) is 16.0 Å². The molecule has 0 unspecified atom stereocenters. The van der Waals surface area contributed by atoms with Gasteiger partial charge in [0.1, 0.15) is 0 Å². The third kappa shape index (κ3) is 2.07. The van der Waals surface area contributed by atoms with Crippen LogP contribution in [0.1, 0.15) is 37.4 Å². The van der Waals surface area contributed by atoms with Crippen LogP contribution >= 0.6 is 0 Å². The van der Waals surface area contributed by atoms with Crippen LogP contribution in [0.5, 0.6) is 0 Å². The van der Waals surface area contributed by atoms with E-state index in [0.717, 1.165) is 25.7 Å². The van der Waals surface area contributed by atoms with Crippen molar-refractivity contribution in [3.8, 4) is 0 Å². The number of aliphatic hydroxyl groups is 1. The van der Waals surface area contributed by atoms with Crippen molar-refractivity contribution in [2.45, 2.75) is 31.8 Å². The number of hydrogen-bond donors (Lipinski definition) is 1. The number of aliphatic hydroxyl groups excluding tert-OH is 1.